The third kappa shape index (κ3) is 1.95. The number of nitrogens with one attached hydrogen (secondary N) is 1. The van der Waals surface area contributed by atoms with Gasteiger partial charge in [-0.2, -0.15) is 0 Å². The maximum absolute atomic E-state index is 12.2. The molecule has 0 radical (unpaired) electrons. The van der Waals surface area contributed by atoms with Crippen LogP contribution in [0.1, 0.15) is 12.8 Å². The molecule has 1 aromatic carbocycles. The molecule has 6 heteroatoms. The fourth-order valence-electron chi connectivity index (χ4n) is 2.16. The molecule has 2 aliphatic rings. The predicted octanol–water partition coefficient (Wildman–Crippen LogP) is 2.83. The third-order valence-electron chi connectivity index (χ3n) is 3.17. The number of anilines is 1. The molecule has 1 unspecified atom stereocenters. The molecule has 0 aromatic heterocycles. The highest BCUT2D eigenvalue weighted by molar-refractivity contribution is 6.35. The number of hydrogen-bond acceptors (Lipinski definition) is 2. The van der Waals surface area contributed by atoms with Gasteiger partial charge in [0.2, 0.25) is 0 Å². The molecular weight excluding hydrogens is 275 g/mol. The predicted molar refractivity (Wildman–Crippen MR) is 69.0 cm³/mol. The molecule has 1 saturated carbocycles. The van der Waals surface area contributed by atoms with Crippen molar-refractivity contribution in [2.75, 3.05) is 4.90 Å². The Balaban J connectivity index is 1.95. The molecule has 1 heterocycles. The van der Waals surface area contributed by atoms with E-state index in [4.69, 9.17) is 23.2 Å². The zero-order valence-corrected chi connectivity index (χ0v) is 10.8. The number of carbonyl (C=O) groups is 2. The van der Waals surface area contributed by atoms with Crippen LogP contribution in [0.3, 0.4) is 0 Å². The zero-order chi connectivity index (χ0) is 12.9. The van der Waals surface area contributed by atoms with Gasteiger partial charge in [-0.1, -0.05) is 23.2 Å². The van der Waals surface area contributed by atoms with E-state index in [1.54, 1.807) is 18.2 Å². The standard InChI is InChI=1S/C12H10Cl2N2O2/c13-7-3-8(14)5-9(4-7)16-11(17)10(6-1-2-6)15-12(16)18/h3-6,10H,1-2H2,(H,15,18). The lowest BCUT2D eigenvalue weighted by molar-refractivity contribution is -0.118. The molecular formula is C12H10Cl2N2O2. The van der Waals surface area contributed by atoms with E-state index in [2.05, 4.69) is 5.32 Å². The van der Waals surface area contributed by atoms with E-state index in [1.165, 1.54) is 0 Å². The highest BCUT2D eigenvalue weighted by atomic mass is 35.5. The molecule has 18 heavy (non-hydrogen) atoms. The first-order chi connectivity index (χ1) is 8.56. The molecule has 2 fully saturated rings. The summed E-state index contributed by atoms with van der Waals surface area (Å²) in [5.74, 6) is 0.0574. The first-order valence-electron chi connectivity index (χ1n) is 5.67. The van der Waals surface area contributed by atoms with Gasteiger partial charge in [0.15, 0.2) is 0 Å². The largest absolute Gasteiger partial charge is 0.329 e. The van der Waals surface area contributed by atoms with Crippen LogP contribution in [0.15, 0.2) is 18.2 Å². The molecule has 0 spiro atoms. The second-order valence-corrected chi connectivity index (χ2v) is 5.44. The highest BCUT2D eigenvalue weighted by Gasteiger charge is 2.47. The van der Waals surface area contributed by atoms with Crippen LogP contribution in [0.4, 0.5) is 10.5 Å². The number of urea groups is 1. The molecule has 1 aliphatic heterocycles. The minimum absolute atomic E-state index is 0.221. The molecule has 1 aromatic rings. The average molecular weight is 285 g/mol. The lowest BCUT2D eigenvalue weighted by Crippen LogP contribution is -2.32. The van der Waals surface area contributed by atoms with Gasteiger partial charge in [-0.15, -0.1) is 0 Å². The van der Waals surface area contributed by atoms with Crippen molar-refractivity contribution in [3.63, 3.8) is 0 Å². The Morgan fingerprint density at radius 3 is 2.28 bits per heavy atom. The van der Waals surface area contributed by atoms with Crippen LogP contribution >= 0.6 is 23.2 Å². The van der Waals surface area contributed by atoms with Gasteiger partial charge in [-0.25, -0.2) is 9.69 Å². The molecule has 4 nitrogen and oxygen atoms in total. The second-order valence-electron chi connectivity index (χ2n) is 4.57. The van der Waals surface area contributed by atoms with Gasteiger partial charge < -0.3 is 5.32 Å². The molecule has 1 aliphatic carbocycles. The van der Waals surface area contributed by atoms with Gasteiger partial charge in [0.05, 0.1) is 5.69 Å². The number of amides is 3. The molecule has 94 valence electrons. The van der Waals surface area contributed by atoms with Crippen LogP contribution in [0, 0.1) is 5.92 Å². The summed E-state index contributed by atoms with van der Waals surface area (Å²) >= 11 is 11.8. The Bertz CT molecular complexity index is 523. The quantitative estimate of drug-likeness (QED) is 0.849. The Labute approximate surface area is 114 Å². The Morgan fingerprint density at radius 2 is 1.72 bits per heavy atom. The van der Waals surface area contributed by atoms with Crippen LogP contribution in [0.5, 0.6) is 0 Å². The summed E-state index contributed by atoms with van der Waals surface area (Å²) < 4.78 is 0. The summed E-state index contributed by atoms with van der Waals surface area (Å²) in [5.41, 5.74) is 0.415. The number of hydrogen-bond donors (Lipinski definition) is 1. The maximum Gasteiger partial charge on any atom is 0.329 e. The second kappa shape index (κ2) is 4.14. The number of halogens is 2. The molecule has 0 bridgehead atoms. The van der Waals surface area contributed by atoms with Crippen molar-refractivity contribution in [2.24, 2.45) is 5.92 Å². The minimum atomic E-state index is -0.407. The number of carbonyl (C=O) groups excluding carboxylic acids is 2. The Kier molecular flexibility index (Phi) is 2.72. The molecule has 3 amide bonds. The maximum atomic E-state index is 12.2. The van der Waals surface area contributed by atoms with Crippen LogP contribution < -0.4 is 10.2 Å². The monoisotopic (exact) mass is 284 g/mol. The van der Waals surface area contributed by atoms with E-state index in [0.717, 1.165) is 17.7 Å². The number of nitrogens with zero attached hydrogens (tertiary/aromatic N) is 1. The van der Waals surface area contributed by atoms with Crippen molar-refractivity contribution in [1.29, 1.82) is 0 Å². The smallest absolute Gasteiger partial charge is 0.325 e. The van der Waals surface area contributed by atoms with E-state index in [-0.39, 0.29) is 11.8 Å². The van der Waals surface area contributed by atoms with Crippen LogP contribution in [0.2, 0.25) is 10.0 Å². The number of rotatable bonds is 2. The van der Waals surface area contributed by atoms with Crippen LogP contribution in [0.25, 0.3) is 0 Å². The summed E-state index contributed by atoms with van der Waals surface area (Å²) in [6.45, 7) is 0. The summed E-state index contributed by atoms with van der Waals surface area (Å²) in [6, 6.07) is 3.87. The molecule has 1 N–H and O–H groups in total. The van der Waals surface area contributed by atoms with Gasteiger partial charge in [-0.05, 0) is 37.0 Å². The van der Waals surface area contributed by atoms with Gasteiger partial charge in [-0.3, -0.25) is 4.79 Å². The number of benzene rings is 1. The van der Waals surface area contributed by atoms with E-state index in [1.807, 2.05) is 0 Å². The Hall–Kier alpha value is -1.26. The van der Waals surface area contributed by atoms with Crippen molar-refractivity contribution in [3.8, 4) is 0 Å². The molecule has 3 rings (SSSR count). The van der Waals surface area contributed by atoms with Crippen molar-refractivity contribution < 1.29 is 9.59 Å². The van der Waals surface area contributed by atoms with Crippen LogP contribution in [-0.4, -0.2) is 18.0 Å². The molecule has 1 saturated heterocycles. The van der Waals surface area contributed by atoms with Crippen molar-refractivity contribution in [2.45, 2.75) is 18.9 Å². The lowest BCUT2D eigenvalue weighted by atomic mass is 10.2. The summed E-state index contributed by atoms with van der Waals surface area (Å²) in [7, 11) is 0. The van der Waals surface area contributed by atoms with Crippen LogP contribution in [-0.2, 0) is 4.79 Å². The third-order valence-corrected chi connectivity index (χ3v) is 3.60. The summed E-state index contributed by atoms with van der Waals surface area (Å²) in [6.07, 6.45) is 1.97. The van der Waals surface area contributed by atoms with Gasteiger partial charge in [0, 0.05) is 10.0 Å². The van der Waals surface area contributed by atoms with E-state index in [0.29, 0.717) is 15.7 Å². The lowest BCUT2D eigenvalue weighted by Gasteiger charge is -2.13. The van der Waals surface area contributed by atoms with Crippen molar-refractivity contribution >= 4 is 40.8 Å². The first kappa shape index (κ1) is 11.8. The fraction of sp³-hybridized carbons (Fsp3) is 0.333. The van der Waals surface area contributed by atoms with Gasteiger partial charge in [0.1, 0.15) is 6.04 Å². The first-order valence-corrected chi connectivity index (χ1v) is 6.42. The van der Waals surface area contributed by atoms with E-state index in [9.17, 15) is 9.59 Å². The van der Waals surface area contributed by atoms with Crippen molar-refractivity contribution in [3.05, 3.63) is 28.2 Å². The highest BCUT2D eigenvalue weighted by Crippen LogP contribution is 2.37. The van der Waals surface area contributed by atoms with E-state index < -0.39 is 12.1 Å². The summed E-state index contributed by atoms with van der Waals surface area (Å²) in [4.78, 5) is 25.1. The van der Waals surface area contributed by atoms with Gasteiger partial charge >= 0.3 is 6.03 Å². The Morgan fingerprint density at radius 1 is 1.11 bits per heavy atom. The summed E-state index contributed by atoms with van der Waals surface area (Å²) in [5, 5.41) is 3.50. The zero-order valence-electron chi connectivity index (χ0n) is 9.32. The number of imide groups is 1. The minimum Gasteiger partial charge on any atom is -0.325 e. The topological polar surface area (TPSA) is 49.4 Å². The van der Waals surface area contributed by atoms with Gasteiger partial charge in [0.25, 0.3) is 5.91 Å². The van der Waals surface area contributed by atoms with E-state index >= 15 is 0 Å². The molecule has 1 atom stereocenters. The van der Waals surface area contributed by atoms with Crippen molar-refractivity contribution in [1.82, 2.24) is 5.32 Å². The normalized spacial score (nSPS) is 23.4. The SMILES string of the molecule is O=C1NC(C2CC2)C(=O)N1c1cc(Cl)cc(Cl)c1. The average Bonchev–Trinajstić information content (AvgIpc) is 3.04. The fourth-order valence-corrected chi connectivity index (χ4v) is 2.67.